The van der Waals surface area contributed by atoms with Gasteiger partial charge < -0.3 is 19.7 Å². The third-order valence-electron chi connectivity index (χ3n) is 6.42. The van der Waals surface area contributed by atoms with Crippen LogP contribution >= 0.6 is 11.8 Å². The number of morpholine rings is 1. The van der Waals surface area contributed by atoms with Crippen LogP contribution in [0.15, 0.2) is 45.6 Å². The fourth-order valence-corrected chi connectivity index (χ4v) is 5.56. The fraction of sp³-hybridized carbons (Fsp3) is 0.500. The van der Waals surface area contributed by atoms with E-state index in [1.165, 1.54) is 11.8 Å². The SMILES string of the molecule is CCOC(=O)C1=C(C)N=C2SC=C(CC(=O)NCCN3CCOCC3)N2C1c1cc(C)ccc1C. The van der Waals surface area contributed by atoms with Crippen molar-refractivity contribution in [1.29, 1.82) is 0 Å². The molecular weight excluding hydrogens is 464 g/mol. The van der Waals surface area contributed by atoms with Gasteiger partial charge >= 0.3 is 5.97 Å². The Morgan fingerprint density at radius 2 is 2.00 bits per heavy atom. The van der Waals surface area contributed by atoms with Crippen LogP contribution in [0, 0.1) is 13.8 Å². The lowest BCUT2D eigenvalue weighted by atomic mass is 9.90. The fourth-order valence-electron chi connectivity index (χ4n) is 4.59. The summed E-state index contributed by atoms with van der Waals surface area (Å²) in [5, 5.41) is 5.80. The Hall–Kier alpha value is -2.62. The molecule has 1 unspecified atom stereocenters. The minimum absolute atomic E-state index is 0.0463. The van der Waals surface area contributed by atoms with E-state index >= 15 is 0 Å². The number of fused-ring (bicyclic) bond motifs is 1. The van der Waals surface area contributed by atoms with Crippen LogP contribution in [-0.4, -0.2) is 72.8 Å². The second-order valence-corrected chi connectivity index (χ2v) is 9.79. The van der Waals surface area contributed by atoms with Crippen LogP contribution in [0.4, 0.5) is 0 Å². The number of allylic oxidation sites excluding steroid dienone is 1. The van der Waals surface area contributed by atoms with Gasteiger partial charge in [0, 0.05) is 31.9 Å². The van der Waals surface area contributed by atoms with E-state index in [-0.39, 0.29) is 24.9 Å². The highest BCUT2D eigenvalue weighted by Gasteiger charge is 2.41. The zero-order chi connectivity index (χ0) is 24.9. The van der Waals surface area contributed by atoms with Gasteiger partial charge in [-0.15, -0.1) is 0 Å². The smallest absolute Gasteiger partial charge is 0.338 e. The van der Waals surface area contributed by atoms with E-state index in [0.717, 1.165) is 60.4 Å². The highest BCUT2D eigenvalue weighted by molar-refractivity contribution is 8.16. The zero-order valence-corrected chi connectivity index (χ0v) is 21.7. The van der Waals surface area contributed by atoms with Gasteiger partial charge in [-0.3, -0.25) is 9.69 Å². The number of aryl methyl sites for hydroxylation is 2. The lowest BCUT2D eigenvalue weighted by Gasteiger charge is -2.37. The number of aliphatic imine (C=N–C) groups is 1. The van der Waals surface area contributed by atoms with E-state index in [2.05, 4.69) is 28.4 Å². The van der Waals surface area contributed by atoms with Crippen molar-refractivity contribution in [2.45, 2.75) is 40.2 Å². The molecule has 0 saturated carbocycles. The van der Waals surface area contributed by atoms with Crippen molar-refractivity contribution < 1.29 is 19.1 Å². The van der Waals surface area contributed by atoms with Crippen molar-refractivity contribution in [1.82, 2.24) is 15.1 Å². The number of nitrogens with one attached hydrogen (secondary N) is 1. The van der Waals surface area contributed by atoms with Gasteiger partial charge in [0.05, 0.1) is 43.6 Å². The maximum atomic E-state index is 13.1. The van der Waals surface area contributed by atoms with Gasteiger partial charge in [0.2, 0.25) is 5.91 Å². The van der Waals surface area contributed by atoms with Crippen LogP contribution in [0.2, 0.25) is 0 Å². The molecule has 1 amide bonds. The van der Waals surface area contributed by atoms with Crippen molar-refractivity contribution in [3.63, 3.8) is 0 Å². The maximum Gasteiger partial charge on any atom is 0.338 e. The van der Waals surface area contributed by atoms with Crippen molar-refractivity contribution in [3.8, 4) is 0 Å². The predicted octanol–water partition coefficient (Wildman–Crippen LogP) is 3.28. The van der Waals surface area contributed by atoms with Crippen LogP contribution in [0.25, 0.3) is 0 Å². The lowest BCUT2D eigenvalue weighted by Crippen LogP contribution is -2.42. The quantitative estimate of drug-likeness (QED) is 0.551. The molecule has 0 radical (unpaired) electrons. The Balaban J connectivity index is 1.55. The van der Waals surface area contributed by atoms with E-state index < -0.39 is 6.04 Å². The van der Waals surface area contributed by atoms with Gasteiger partial charge in [0.1, 0.15) is 0 Å². The van der Waals surface area contributed by atoms with Crippen LogP contribution in [0.3, 0.4) is 0 Å². The predicted molar refractivity (Wildman–Crippen MR) is 138 cm³/mol. The van der Waals surface area contributed by atoms with Crippen LogP contribution in [0.5, 0.6) is 0 Å². The number of amides is 1. The molecule has 0 spiro atoms. The number of ether oxygens (including phenoxy) is 2. The Bertz CT molecular complexity index is 1080. The molecule has 3 aliphatic heterocycles. The van der Waals surface area contributed by atoms with Gasteiger partial charge in [0.15, 0.2) is 5.17 Å². The summed E-state index contributed by atoms with van der Waals surface area (Å²) < 4.78 is 10.8. The van der Waals surface area contributed by atoms with Crippen molar-refractivity contribution in [2.75, 3.05) is 46.0 Å². The Morgan fingerprint density at radius 3 is 2.74 bits per heavy atom. The molecule has 3 heterocycles. The minimum atomic E-state index is -0.399. The number of hydrogen-bond acceptors (Lipinski definition) is 8. The van der Waals surface area contributed by atoms with Crippen molar-refractivity contribution in [3.05, 3.63) is 57.3 Å². The third-order valence-corrected chi connectivity index (χ3v) is 7.31. The molecule has 0 aliphatic carbocycles. The summed E-state index contributed by atoms with van der Waals surface area (Å²) in [6, 6.07) is 5.84. The van der Waals surface area contributed by atoms with Crippen molar-refractivity contribution >= 4 is 28.8 Å². The largest absolute Gasteiger partial charge is 0.463 e. The third kappa shape index (κ3) is 5.79. The van der Waals surface area contributed by atoms with E-state index in [9.17, 15) is 9.59 Å². The summed E-state index contributed by atoms with van der Waals surface area (Å²) in [7, 11) is 0. The summed E-state index contributed by atoms with van der Waals surface area (Å²) >= 11 is 1.49. The zero-order valence-electron chi connectivity index (χ0n) is 20.9. The van der Waals surface area contributed by atoms with Gasteiger partial charge in [-0.1, -0.05) is 35.5 Å². The van der Waals surface area contributed by atoms with Crippen LogP contribution < -0.4 is 5.32 Å². The Morgan fingerprint density at radius 1 is 1.23 bits per heavy atom. The summed E-state index contributed by atoms with van der Waals surface area (Å²) in [5.74, 6) is -0.417. The molecule has 1 aromatic rings. The number of rotatable bonds is 8. The molecule has 1 N–H and O–H groups in total. The summed E-state index contributed by atoms with van der Waals surface area (Å²) in [4.78, 5) is 35.0. The summed E-state index contributed by atoms with van der Waals surface area (Å²) in [5.41, 5.74) is 5.19. The molecule has 9 heteroatoms. The highest BCUT2D eigenvalue weighted by Crippen LogP contribution is 2.45. The molecule has 1 aromatic carbocycles. The minimum Gasteiger partial charge on any atom is -0.463 e. The number of thioether (sulfide) groups is 1. The van der Waals surface area contributed by atoms with E-state index in [1.54, 1.807) is 6.92 Å². The first kappa shape index (κ1) is 25.5. The topological polar surface area (TPSA) is 83.5 Å². The summed E-state index contributed by atoms with van der Waals surface area (Å²) in [6.45, 7) is 12.7. The standard InChI is InChI=1S/C26H34N4O4S/c1-5-34-25(32)23-19(4)28-26-30(24(23)21-14-17(2)6-7-18(21)3)20(16-35-26)15-22(31)27-8-9-29-10-12-33-13-11-29/h6-7,14,16,24H,5,8-13,15H2,1-4H3,(H,27,31). The molecule has 188 valence electrons. The molecule has 1 fully saturated rings. The monoisotopic (exact) mass is 498 g/mol. The van der Waals surface area contributed by atoms with Crippen molar-refractivity contribution in [2.24, 2.45) is 4.99 Å². The molecular formula is C26H34N4O4S. The molecule has 0 aromatic heterocycles. The van der Waals surface area contributed by atoms with Gasteiger partial charge in [-0.25, -0.2) is 9.79 Å². The number of hydrogen-bond donors (Lipinski definition) is 1. The van der Waals surface area contributed by atoms with E-state index in [1.807, 2.05) is 31.1 Å². The number of esters is 1. The first-order valence-electron chi connectivity index (χ1n) is 12.1. The van der Waals surface area contributed by atoms with E-state index in [0.29, 0.717) is 17.8 Å². The Kier molecular flexibility index (Phi) is 8.30. The average Bonchev–Trinajstić information content (AvgIpc) is 3.22. The average molecular weight is 499 g/mol. The highest BCUT2D eigenvalue weighted by atomic mass is 32.2. The number of nitrogens with zero attached hydrogens (tertiary/aromatic N) is 3. The number of amidine groups is 1. The van der Waals surface area contributed by atoms with Gasteiger partial charge in [0.25, 0.3) is 0 Å². The molecule has 8 nitrogen and oxygen atoms in total. The number of carbonyl (C=O) groups is 2. The van der Waals surface area contributed by atoms with Gasteiger partial charge in [-0.2, -0.15) is 0 Å². The second-order valence-electron chi connectivity index (χ2n) is 8.95. The van der Waals surface area contributed by atoms with Crippen LogP contribution in [-0.2, 0) is 19.1 Å². The number of carbonyl (C=O) groups excluding carboxylic acids is 2. The molecule has 4 rings (SSSR count). The molecule has 1 atom stereocenters. The Labute approximate surface area is 211 Å². The van der Waals surface area contributed by atoms with Gasteiger partial charge in [-0.05, 0) is 44.2 Å². The molecule has 0 bridgehead atoms. The number of benzene rings is 1. The lowest BCUT2D eigenvalue weighted by molar-refractivity contribution is -0.139. The van der Waals surface area contributed by atoms with Crippen LogP contribution in [0.1, 0.15) is 43.0 Å². The molecule has 35 heavy (non-hydrogen) atoms. The first-order chi connectivity index (χ1) is 16.9. The second kappa shape index (κ2) is 11.4. The van der Waals surface area contributed by atoms with E-state index in [4.69, 9.17) is 14.5 Å². The summed E-state index contributed by atoms with van der Waals surface area (Å²) in [6.07, 6.45) is 0.214. The molecule has 1 saturated heterocycles. The normalized spacial score (nSPS) is 20.3. The first-order valence-corrected chi connectivity index (χ1v) is 13.0. The maximum absolute atomic E-state index is 13.1. The molecule has 3 aliphatic rings.